The third kappa shape index (κ3) is 2.60. The molecule has 4 nitrogen and oxygen atoms in total. The van der Waals surface area contributed by atoms with E-state index in [-0.39, 0.29) is 11.7 Å². The number of aromatic hydroxyl groups is 1. The molecule has 0 saturated heterocycles. The van der Waals surface area contributed by atoms with Crippen molar-refractivity contribution in [3.8, 4) is 5.75 Å². The lowest BCUT2D eigenvalue weighted by molar-refractivity contribution is 0.102. The zero-order chi connectivity index (χ0) is 13.1. The first-order valence-corrected chi connectivity index (χ1v) is 5.53. The number of carbonyl (C=O) groups excluding carboxylic acids is 1. The van der Waals surface area contributed by atoms with Crippen molar-refractivity contribution >= 4 is 17.3 Å². The Labute approximate surface area is 105 Å². The third-order valence-corrected chi connectivity index (χ3v) is 2.64. The van der Waals surface area contributed by atoms with Crippen molar-refractivity contribution in [1.82, 2.24) is 0 Å². The van der Waals surface area contributed by atoms with Crippen molar-refractivity contribution in [2.75, 3.05) is 11.1 Å². The first kappa shape index (κ1) is 12.0. The molecule has 4 N–H and O–H groups in total. The fraction of sp³-hybridized carbons (Fsp3) is 0.0714. The molecule has 0 bridgehead atoms. The molecule has 0 aliphatic heterocycles. The van der Waals surface area contributed by atoms with Crippen LogP contribution < -0.4 is 11.1 Å². The number of hydrogen-bond acceptors (Lipinski definition) is 3. The van der Waals surface area contributed by atoms with Gasteiger partial charge < -0.3 is 16.2 Å². The number of phenols is 1. The van der Waals surface area contributed by atoms with Crippen LogP contribution in [0.4, 0.5) is 11.4 Å². The topological polar surface area (TPSA) is 75.4 Å². The second-order valence-corrected chi connectivity index (χ2v) is 4.08. The summed E-state index contributed by atoms with van der Waals surface area (Å²) in [6, 6.07) is 11.7. The van der Waals surface area contributed by atoms with Gasteiger partial charge in [-0.2, -0.15) is 0 Å². The van der Waals surface area contributed by atoms with Gasteiger partial charge in [0.1, 0.15) is 5.75 Å². The van der Waals surface area contributed by atoms with E-state index in [1.807, 2.05) is 0 Å². The summed E-state index contributed by atoms with van der Waals surface area (Å²) in [4.78, 5) is 11.9. The Morgan fingerprint density at radius 2 is 1.83 bits per heavy atom. The van der Waals surface area contributed by atoms with Crippen LogP contribution >= 0.6 is 0 Å². The van der Waals surface area contributed by atoms with Gasteiger partial charge >= 0.3 is 0 Å². The van der Waals surface area contributed by atoms with Crippen LogP contribution in [0.1, 0.15) is 15.9 Å². The van der Waals surface area contributed by atoms with E-state index in [1.54, 1.807) is 43.3 Å². The molecule has 0 spiro atoms. The highest BCUT2D eigenvalue weighted by atomic mass is 16.3. The van der Waals surface area contributed by atoms with Gasteiger partial charge in [0, 0.05) is 16.9 Å². The lowest BCUT2D eigenvalue weighted by Crippen LogP contribution is -2.11. The number of benzene rings is 2. The number of amides is 1. The Balaban J connectivity index is 2.16. The highest BCUT2D eigenvalue weighted by Gasteiger charge is 2.07. The van der Waals surface area contributed by atoms with Crippen molar-refractivity contribution in [1.29, 1.82) is 0 Å². The van der Waals surface area contributed by atoms with E-state index >= 15 is 0 Å². The largest absolute Gasteiger partial charge is 0.508 e. The maximum atomic E-state index is 11.9. The van der Waals surface area contributed by atoms with Crippen LogP contribution in [0.2, 0.25) is 0 Å². The number of hydrogen-bond donors (Lipinski definition) is 3. The number of rotatable bonds is 2. The number of aryl methyl sites for hydroxylation is 1. The molecule has 0 fully saturated rings. The minimum atomic E-state index is -0.268. The summed E-state index contributed by atoms with van der Waals surface area (Å²) in [6.07, 6.45) is 0. The quantitative estimate of drug-likeness (QED) is 0.708. The van der Waals surface area contributed by atoms with E-state index in [2.05, 4.69) is 5.32 Å². The van der Waals surface area contributed by atoms with E-state index in [4.69, 9.17) is 5.73 Å². The van der Waals surface area contributed by atoms with Gasteiger partial charge in [0.05, 0.1) is 0 Å². The normalized spacial score (nSPS) is 10.1. The van der Waals surface area contributed by atoms with Crippen molar-refractivity contribution in [3.05, 3.63) is 53.6 Å². The highest BCUT2D eigenvalue weighted by molar-refractivity contribution is 6.04. The molecule has 4 heteroatoms. The molecule has 0 aliphatic carbocycles. The van der Waals surface area contributed by atoms with Crippen molar-refractivity contribution in [3.63, 3.8) is 0 Å². The Kier molecular flexibility index (Phi) is 3.19. The average Bonchev–Trinajstić information content (AvgIpc) is 2.35. The number of nitrogen functional groups attached to an aromatic ring is 1. The summed E-state index contributed by atoms with van der Waals surface area (Å²) in [5.41, 5.74) is 8.01. The predicted octanol–water partition coefficient (Wildman–Crippen LogP) is 2.54. The molecule has 0 saturated carbocycles. The molecule has 18 heavy (non-hydrogen) atoms. The van der Waals surface area contributed by atoms with Crippen LogP contribution in [0.5, 0.6) is 5.75 Å². The molecular formula is C14H14N2O2. The molecule has 0 heterocycles. The minimum Gasteiger partial charge on any atom is -0.508 e. The molecule has 0 aliphatic rings. The van der Waals surface area contributed by atoms with Gasteiger partial charge in [-0.15, -0.1) is 0 Å². The zero-order valence-corrected chi connectivity index (χ0v) is 9.97. The van der Waals surface area contributed by atoms with Crippen LogP contribution in [0.25, 0.3) is 0 Å². The molecule has 2 rings (SSSR count). The maximum absolute atomic E-state index is 11.9. The summed E-state index contributed by atoms with van der Waals surface area (Å²) >= 11 is 0. The zero-order valence-electron chi connectivity index (χ0n) is 9.97. The van der Waals surface area contributed by atoms with Crippen molar-refractivity contribution < 1.29 is 9.90 Å². The summed E-state index contributed by atoms with van der Waals surface area (Å²) in [6.45, 7) is 1.77. The van der Waals surface area contributed by atoms with Gasteiger partial charge in [0.15, 0.2) is 0 Å². The monoisotopic (exact) mass is 242 g/mol. The third-order valence-electron chi connectivity index (χ3n) is 2.64. The summed E-state index contributed by atoms with van der Waals surface area (Å²) < 4.78 is 0. The minimum absolute atomic E-state index is 0.111. The lowest BCUT2D eigenvalue weighted by Gasteiger charge is -2.06. The van der Waals surface area contributed by atoms with Gasteiger partial charge in [-0.1, -0.05) is 6.07 Å². The van der Waals surface area contributed by atoms with Gasteiger partial charge in [-0.25, -0.2) is 0 Å². The second-order valence-electron chi connectivity index (χ2n) is 4.08. The first-order valence-electron chi connectivity index (χ1n) is 5.53. The molecule has 0 aromatic heterocycles. The summed E-state index contributed by atoms with van der Waals surface area (Å²) in [5.74, 6) is -0.157. The fourth-order valence-corrected chi connectivity index (χ4v) is 1.52. The van der Waals surface area contributed by atoms with Crippen LogP contribution in [0, 0.1) is 6.92 Å². The Morgan fingerprint density at radius 1 is 1.17 bits per heavy atom. The smallest absolute Gasteiger partial charge is 0.255 e. The van der Waals surface area contributed by atoms with Gasteiger partial charge in [0.2, 0.25) is 0 Å². The highest BCUT2D eigenvalue weighted by Crippen LogP contribution is 2.18. The lowest BCUT2D eigenvalue weighted by atomic mass is 10.1. The molecule has 92 valence electrons. The molecule has 1 amide bonds. The molecular weight excluding hydrogens is 228 g/mol. The first-order chi connectivity index (χ1) is 8.56. The number of phenolic OH excluding ortho intramolecular Hbond substituents is 1. The van der Waals surface area contributed by atoms with E-state index < -0.39 is 0 Å². The van der Waals surface area contributed by atoms with Crippen LogP contribution in [0.3, 0.4) is 0 Å². The number of nitrogens with one attached hydrogen (secondary N) is 1. The standard InChI is InChI=1S/C14H14N2O2/c1-9-2-3-10(8-13(9)17)14(18)16-12-6-4-11(15)5-7-12/h2-8,17H,15H2,1H3,(H,16,18). The molecule has 0 radical (unpaired) electrons. The van der Waals surface area contributed by atoms with Crippen LogP contribution in [-0.4, -0.2) is 11.0 Å². The molecule has 2 aromatic rings. The number of anilines is 2. The van der Waals surface area contributed by atoms with E-state index in [0.717, 1.165) is 5.56 Å². The van der Waals surface area contributed by atoms with E-state index in [9.17, 15) is 9.90 Å². The average molecular weight is 242 g/mol. The Bertz CT molecular complexity index is 577. The Hall–Kier alpha value is -2.49. The summed E-state index contributed by atoms with van der Waals surface area (Å²) in [5, 5.41) is 12.3. The van der Waals surface area contributed by atoms with Crippen LogP contribution in [0.15, 0.2) is 42.5 Å². The molecule has 0 unspecified atom stereocenters. The SMILES string of the molecule is Cc1ccc(C(=O)Nc2ccc(N)cc2)cc1O. The fourth-order valence-electron chi connectivity index (χ4n) is 1.52. The van der Waals surface area contributed by atoms with Crippen molar-refractivity contribution in [2.24, 2.45) is 0 Å². The van der Waals surface area contributed by atoms with Gasteiger partial charge in [-0.05, 0) is 48.9 Å². The summed E-state index contributed by atoms with van der Waals surface area (Å²) in [7, 11) is 0. The molecule has 0 atom stereocenters. The van der Waals surface area contributed by atoms with Gasteiger partial charge in [0.25, 0.3) is 5.91 Å². The maximum Gasteiger partial charge on any atom is 0.255 e. The number of nitrogens with two attached hydrogens (primary N) is 1. The van der Waals surface area contributed by atoms with Gasteiger partial charge in [-0.3, -0.25) is 4.79 Å². The second kappa shape index (κ2) is 4.79. The van der Waals surface area contributed by atoms with Crippen molar-refractivity contribution in [2.45, 2.75) is 6.92 Å². The van der Waals surface area contributed by atoms with E-state index in [0.29, 0.717) is 16.9 Å². The molecule has 2 aromatic carbocycles. The Morgan fingerprint density at radius 3 is 2.44 bits per heavy atom. The number of carbonyl (C=O) groups is 1. The van der Waals surface area contributed by atoms with E-state index in [1.165, 1.54) is 6.07 Å². The predicted molar refractivity (Wildman–Crippen MR) is 71.7 cm³/mol. The van der Waals surface area contributed by atoms with Crippen LogP contribution in [-0.2, 0) is 0 Å².